The number of hydrogen-bond acceptors (Lipinski definition) is 3. The van der Waals surface area contributed by atoms with Crippen LogP contribution >= 0.6 is 7.80 Å². The Bertz CT molecular complexity index is 928. The molecule has 112 valence electrons. The lowest BCUT2D eigenvalue weighted by molar-refractivity contribution is 0.348. The molecule has 0 radical (unpaired) electrons. The van der Waals surface area contributed by atoms with Crippen LogP contribution in [-0.4, -0.2) is 19.0 Å². The Morgan fingerprint density at radius 1 is 0.870 bits per heavy atom. The summed E-state index contributed by atoms with van der Waals surface area (Å²) in [5, 5.41) is 3.75. The molecule has 4 heteroatoms. The molecule has 1 aliphatic heterocycles. The molecule has 0 N–H and O–H groups in total. The average molecular weight is 320 g/mol. The van der Waals surface area contributed by atoms with Crippen molar-refractivity contribution in [1.29, 1.82) is 0 Å². The second-order valence-corrected chi connectivity index (χ2v) is 6.90. The van der Waals surface area contributed by atoms with Crippen LogP contribution in [0, 0.1) is 0 Å². The molecule has 3 aromatic carbocycles. The zero-order valence-electron chi connectivity index (χ0n) is 12.5. The van der Waals surface area contributed by atoms with E-state index in [4.69, 9.17) is 4.74 Å². The minimum atomic E-state index is -1.72. The highest BCUT2D eigenvalue weighted by Gasteiger charge is 2.31. The summed E-state index contributed by atoms with van der Waals surface area (Å²) in [6, 6.07) is 21.6. The third kappa shape index (κ3) is 2.54. The number of benzene rings is 3. The molecule has 1 unspecified atom stereocenters. The van der Waals surface area contributed by atoms with Gasteiger partial charge in [0.1, 0.15) is 6.61 Å². The number of aliphatic imine (C=N–C) groups is 1. The molecule has 0 fully saturated rings. The van der Waals surface area contributed by atoms with Gasteiger partial charge in [-0.05, 0) is 29.7 Å². The Hall–Kier alpha value is -2.51. The summed E-state index contributed by atoms with van der Waals surface area (Å²) in [6.07, 6.45) is 0. The van der Waals surface area contributed by atoms with Crippen LogP contribution in [0.2, 0.25) is 0 Å². The highest BCUT2D eigenvalue weighted by Crippen LogP contribution is 2.27. The highest BCUT2D eigenvalue weighted by molar-refractivity contribution is 7.62. The van der Waals surface area contributed by atoms with Gasteiger partial charge in [0.05, 0.1) is 12.1 Å². The summed E-state index contributed by atoms with van der Waals surface area (Å²) in [4.78, 5) is 4.37. The minimum Gasteiger partial charge on any atom is -0.475 e. The van der Waals surface area contributed by atoms with Crippen LogP contribution in [0.3, 0.4) is 0 Å². The van der Waals surface area contributed by atoms with Crippen LogP contribution in [0.5, 0.6) is 0 Å². The molecule has 0 spiro atoms. The van der Waals surface area contributed by atoms with E-state index in [-0.39, 0.29) is 0 Å². The fourth-order valence-corrected chi connectivity index (χ4v) is 4.36. The van der Waals surface area contributed by atoms with E-state index < -0.39 is 7.80 Å². The van der Waals surface area contributed by atoms with Gasteiger partial charge in [0, 0.05) is 5.39 Å². The van der Waals surface area contributed by atoms with Gasteiger partial charge in [0.2, 0.25) is 16.5 Å². The Kier molecular flexibility index (Phi) is 3.64. The summed E-state index contributed by atoms with van der Waals surface area (Å²) < 4.78 is 18.9. The average Bonchev–Trinajstić information content (AvgIpc) is 3.15. The van der Waals surface area contributed by atoms with Crippen molar-refractivity contribution in [2.24, 2.45) is 4.99 Å². The fraction of sp³-hybridized carbons (Fsp3) is 0.105. The molecule has 0 saturated carbocycles. The maximum Gasteiger partial charge on any atom is 0.416 e. The number of rotatable bonds is 3. The van der Waals surface area contributed by atoms with E-state index in [1.165, 1.54) is 0 Å². The molecular weight excluding hydrogens is 305 g/mol. The van der Waals surface area contributed by atoms with Gasteiger partial charge >= 0.3 is 7.80 Å². The lowest BCUT2D eigenvalue weighted by Gasteiger charge is -2.03. The molecule has 0 amide bonds. The van der Waals surface area contributed by atoms with Crippen LogP contribution in [0.4, 0.5) is 0 Å². The van der Waals surface area contributed by atoms with Crippen molar-refractivity contribution < 1.29 is 9.30 Å². The predicted molar refractivity (Wildman–Crippen MR) is 94.6 cm³/mol. The van der Waals surface area contributed by atoms with Gasteiger partial charge < -0.3 is 4.74 Å². The first kappa shape index (κ1) is 14.1. The SMILES string of the molecule is O=[P+](c1ccccc1C1=NCCO1)c1cccc2ccccc12. The van der Waals surface area contributed by atoms with Crippen molar-refractivity contribution in [3.63, 3.8) is 0 Å². The van der Waals surface area contributed by atoms with Crippen molar-refractivity contribution in [3.05, 3.63) is 72.3 Å². The van der Waals surface area contributed by atoms with E-state index in [1.54, 1.807) is 0 Å². The second-order valence-electron chi connectivity index (χ2n) is 5.35. The van der Waals surface area contributed by atoms with Crippen LogP contribution in [0.1, 0.15) is 5.56 Å². The molecule has 1 atom stereocenters. The number of nitrogens with zero attached hydrogens (tertiary/aromatic N) is 1. The predicted octanol–water partition coefficient (Wildman–Crippen LogP) is 3.39. The van der Waals surface area contributed by atoms with Crippen molar-refractivity contribution >= 4 is 35.1 Å². The first-order valence-electron chi connectivity index (χ1n) is 7.56. The van der Waals surface area contributed by atoms with Crippen LogP contribution in [0.15, 0.2) is 71.7 Å². The first-order chi connectivity index (χ1) is 11.3. The second kappa shape index (κ2) is 5.94. The Balaban J connectivity index is 1.86. The molecule has 4 rings (SSSR count). The van der Waals surface area contributed by atoms with Gasteiger partial charge in [-0.1, -0.05) is 47.0 Å². The molecule has 0 aromatic heterocycles. The maximum atomic E-state index is 13.3. The Morgan fingerprint density at radius 2 is 1.61 bits per heavy atom. The number of hydrogen-bond donors (Lipinski definition) is 0. The van der Waals surface area contributed by atoms with E-state index >= 15 is 0 Å². The lowest BCUT2D eigenvalue weighted by atomic mass is 10.1. The minimum absolute atomic E-state index is 0.592. The molecule has 3 aromatic rings. The molecule has 0 saturated heterocycles. The smallest absolute Gasteiger partial charge is 0.416 e. The summed E-state index contributed by atoms with van der Waals surface area (Å²) in [7, 11) is -1.72. The number of ether oxygens (including phenoxy) is 1. The summed E-state index contributed by atoms with van der Waals surface area (Å²) >= 11 is 0. The van der Waals surface area contributed by atoms with E-state index in [0.717, 1.165) is 26.9 Å². The van der Waals surface area contributed by atoms with Crippen LogP contribution in [0.25, 0.3) is 10.8 Å². The molecule has 0 bridgehead atoms. The maximum absolute atomic E-state index is 13.3. The molecule has 23 heavy (non-hydrogen) atoms. The van der Waals surface area contributed by atoms with E-state index in [2.05, 4.69) is 4.99 Å². The Labute approximate surface area is 135 Å². The van der Waals surface area contributed by atoms with Crippen LogP contribution < -0.4 is 10.6 Å². The molecule has 0 aliphatic carbocycles. The van der Waals surface area contributed by atoms with Crippen molar-refractivity contribution in [2.75, 3.05) is 13.2 Å². The van der Waals surface area contributed by atoms with Gasteiger partial charge in [-0.15, -0.1) is 0 Å². The standard InChI is InChI=1S/C19H15NO2P/c21-23(17-11-5-7-14-6-1-2-8-15(14)17)18-10-4-3-9-16(18)19-20-12-13-22-19/h1-11H,12-13H2/q+1. The molecule has 3 nitrogen and oxygen atoms in total. The van der Waals surface area contributed by atoms with Crippen molar-refractivity contribution in [2.45, 2.75) is 0 Å². The number of fused-ring (bicyclic) bond motifs is 1. The molecule has 1 aliphatic rings. The third-order valence-electron chi connectivity index (χ3n) is 3.92. The lowest BCUT2D eigenvalue weighted by Crippen LogP contribution is -2.17. The molecular formula is C19H15NO2P+. The van der Waals surface area contributed by atoms with E-state index in [9.17, 15) is 4.57 Å². The molecule has 1 heterocycles. The van der Waals surface area contributed by atoms with Crippen molar-refractivity contribution in [1.82, 2.24) is 0 Å². The zero-order chi connectivity index (χ0) is 15.6. The van der Waals surface area contributed by atoms with Gasteiger partial charge in [-0.25, -0.2) is 4.99 Å². The van der Waals surface area contributed by atoms with Gasteiger partial charge in [0.15, 0.2) is 0 Å². The normalized spacial score (nSPS) is 14.4. The van der Waals surface area contributed by atoms with E-state index in [0.29, 0.717) is 19.0 Å². The fourth-order valence-electron chi connectivity index (χ4n) is 2.84. The quantitative estimate of drug-likeness (QED) is 0.694. The zero-order valence-corrected chi connectivity index (χ0v) is 13.4. The topological polar surface area (TPSA) is 38.7 Å². The largest absolute Gasteiger partial charge is 0.475 e. The summed E-state index contributed by atoms with van der Waals surface area (Å²) in [5.41, 5.74) is 0.832. The van der Waals surface area contributed by atoms with Gasteiger partial charge in [0.25, 0.3) is 0 Å². The van der Waals surface area contributed by atoms with E-state index in [1.807, 2.05) is 66.7 Å². The monoisotopic (exact) mass is 320 g/mol. The Morgan fingerprint density at radius 3 is 2.48 bits per heavy atom. The third-order valence-corrected chi connectivity index (χ3v) is 5.58. The highest BCUT2D eigenvalue weighted by atomic mass is 31.1. The summed E-state index contributed by atoms with van der Waals surface area (Å²) in [5.74, 6) is 0.601. The van der Waals surface area contributed by atoms with Gasteiger partial charge in [-0.3, -0.25) is 0 Å². The van der Waals surface area contributed by atoms with Crippen molar-refractivity contribution in [3.8, 4) is 0 Å². The summed E-state index contributed by atoms with van der Waals surface area (Å²) in [6.45, 7) is 1.25. The van der Waals surface area contributed by atoms with Crippen LogP contribution in [-0.2, 0) is 9.30 Å². The van der Waals surface area contributed by atoms with Gasteiger partial charge in [-0.2, -0.15) is 0 Å². The first-order valence-corrected chi connectivity index (χ1v) is 8.82.